The first kappa shape index (κ1) is 14.0. The fourth-order valence-electron chi connectivity index (χ4n) is 1.36. The average molecular weight is 257 g/mol. The number of aromatic nitrogens is 3. The van der Waals surface area contributed by atoms with Crippen molar-refractivity contribution in [2.45, 2.75) is 37.8 Å². The minimum Gasteiger partial charge on any atom is -0.466 e. The van der Waals surface area contributed by atoms with Gasteiger partial charge in [-0.1, -0.05) is 18.2 Å². The SMILES string of the molecule is CCOC(=O)CCCCCSc1ncnn1C. The van der Waals surface area contributed by atoms with E-state index >= 15 is 0 Å². The molecule has 0 spiro atoms. The average Bonchev–Trinajstić information content (AvgIpc) is 2.70. The molecule has 1 rings (SSSR count). The molecule has 0 aliphatic rings. The lowest BCUT2D eigenvalue weighted by atomic mass is 10.2. The first-order valence-electron chi connectivity index (χ1n) is 5.86. The Morgan fingerprint density at radius 2 is 2.29 bits per heavy atom. The topological polar surface area (TPSA) is 57.0 Å². The quantitative estimate of drug-likeness (QED) is 0.405. The van der Waals surface area contributed by atoms with Crippen molar-refractivity contribution in [3.8, 4) is 0 Å². The van der Waals surface area contributed by atoms with Gasteiger partial charge in [0.25, 0.3) is 0 Å². The van der Waals surface area contributed by atoms with E-state index in [0.717, 1.165) is 30.2 Å². The number of carbonyl (C=O) groups is 1. The zero-order chi connectivity index (χ0) is 12.5. The highest BCUT2D eigenvalue weighted by atomic mass is 32.2. The molecule has 0 N–H and O–H groups in total. The van der Waals surface area contributed by atoms with Crippen LogP contribution in [0, 0.1) is 0 Å². The van der Waals surface area contributed by atoms with E-state index in [1.165, 1.54) is 0 Å². The van der Waals surface area contributed by atoms with Crippen molar-refractivity contribution in [2.75, 3.05) is 12.4 Å². The Bertz CT molecular complexity index is 341. The van der Waals surface area contributed by atoms with Gasteiger partial charge in [-0.05, 0) is 19.8 Å². The Morgan fingerprint density at radius 3 is 2.94 bits per heavy atom. The van der Waals surface area contributed by atoms with E-state index in [-0.39, 0.29) is 5.97 Å². The molecule has 0 unspecified atom stereocenters. The van der Waals surface area contributed by atoms with Gasteiger partial charge >= 0.3 is 5.97 Å². The van der Waals surface area contributed by atoms with Gasteiger partial charge in [-0.15, -0.1) is 0 Å². The van der Waals surface area contributed by atoms with Crippen LogP contribution in [0.25, 0.3) is 0 Å². The van der Waals surface area contributed by atoms with Crippen LogP contribution in [-0.4, -0.2) is 33.1 Å². The summed E-state index contributed by atoms with van der Waals surface area (Å²) in [6.45, 7) is 2.30. The van der Waals surface area contributed by atoms with E-state index in [4.69, 9.17) is 4.74 Å². The maximum atomic E-state index is 11.1. The lowest BCUT2D eigenvalue weighted by Gasteiger charge is -2.02. The van der Waals surface area contributed by atoms with Crippen molar-refractivity contribution in [2.24, 2.45) is 7.05 Å². The zero-order valence-corrected chi connectivity index (χ0v) is 11.2. The zero-order valence-electron chi connectivity index (χ0n) is 10.4. The summed E-state index contributed by atoms with van der Waals surface area (Å²) in [5.74, 6) is 0.920. The van der Waals surface area contributed by atoms with Crippen molar-refractivity contribution in [3.05, 3.63) is 6.33 Å². The van der Waals surface area contributed by atoms with Gasteiger partial charge < -0.3 is 4.74 Å². The van der Waals surface area contributed by atoms with Crippen molar-refractivity contribution in [3.63, 3.8) is 0 Å². The molecule has 0 saturated carbocycles. The Labute approximate surface area is 106 Å². The third-order valence-corrected chi connectivity index (χ3v) is 3.35. The summed E-state index contributed by atoms with van der Waals surface area (Å²) < 4.78 is 6.62. The number of carbonyl (C=O) groups excluding carboxylic acids is 1. The van der Waals surface area contributed by atoms with Crippen molar-refractivity contribution >= 4 is 17.7 Å². The van der Waals surface area contributed by atoms with Crippen LogP contribution >= 0.6 is 11.8 Å². The van der Waals surface area contributed by atoms with E-state index in [1.807, 2.05) is 14.0 Å². The van der Waals surface area contributed by atoms with Crippen LogP contribution in [0.4, 0.5) is 0 Å². The summed E-state index contributed by atoms with van der Waals surface area (Å²) in [5, 5.41) is 4.94. The molecule has 0 atom stereocenters. The monoisotopic (exact) mass is 257 g/mol. The fourth-order valence-corrected chi connectivity index (χ4v) is 2.25. The van der Waals surface area contributed by atoms with E-state index in [2.05, 4.69) is 10.1 Å². The van der Waals surface area contributed by atoms with Gasteiger partial charge in [0, 0.05) is 19.2 Å². The number of aryl methyl sites for hydroxylation is 1. The molecule has 5 nitrogen and oxygen atoms in total. The Hall–Kier alpha value is -1.04. The van der Waals surface area contributed by atoms with Crippen molar-refractivity contribution in [1.29, 1.82) is 0 Å². The number of thioether (sulfide) groups is 1. The minimum absolute atomic E-state index is 0.0894. The van der Waals surface area contributed by atoms with Gasteiger partial charge in [0.05, 0.1) is 6.61 Å². The number of unbranched alkanes of at least 4 members (excludes halogenated alkanes) is 2. The van der Waals surface area contributed by atoms with Gasteiger partial charge in [-0.3, -0.25) is 4.79 Å². The number of hydrogen-bond acceptors (Lipinski definition) is 5. The summed E-state index contributed by atoms with van der Waals surface area (Å²) >= 11 is 1.70. The normalized spacial score (nSPS) is 10.5. The van der Waals surface area contributed by atoms with E-state index < -0.39 is 0 Å². The van der Waals surface area contributed by atoms with Crippen molar-refractivity contribution in [1.82, 2.24) is 14.8 Å². The maximum Gasteiger partial charge on any atom is 0.305 e. The van der Waals surface area contributed by atoms with Crippen LogP contribution in [0.2, 0.25) is 0 Å². The second-order valence-electron chi connectivity index (χ2n) is 3.63. The second-order valence-corrected chi connectivity index (χ2v) is 4.69. The Kier molecular flexibility index (Phi) is 6.69. The molecule has 1 aromatic heterocycles. The van der Waals surface area contributed by atoms with E-state index in [9.17, 15) is 4.79 Å². The highest BCUT2D eigenvalue weighted by Crippen LogP contribution is 2.15. The summed E-state index contributed by atoms with van der Waals surface area (Å²) in [6, 6.07) is 0. The van der Waals surface area contributed by atoms with Gasteiger partial charge in [0.15, 0.2) is 5.16 Å². The van der Waals surface area contributed by atoms with Crippen LogP contribution in [0.3, 0.4) is 0 Å². The molecule has 17 heavy (non-hydrogen) atoms. The summed E-state index contributed by atoms with van der Waals surface area (Å²) in [7, 11) is 1.89. The first-order valence-corrected chi connectivity index (χ1v) is 6.85. The molecule has 0 bridgehead atoms. The maximum absolute atomic E-state index is 11.1. The predicted molar refractivity (Wildman–Crippen MR) is 66.8 cm³/mol. The molecule has 96 valence electrons. The first-order chi connectivity index (χ1) is 8.24. The van der Waals surface area contributed by atoms with E-state index in [0.29, 0.717) is 13.0 Å². The van der Waals surface area contributed by atoms with Gasteiger partial charge in [0.1, 0.15) is 6.33 Å². The predicted octanol–water partition coefficient (Wildman–Crippen LogP) is 2.03. The molecule has 0 fully saturated rings. The molecule has 0 amide bonds. The summed E-state index contributed by atoms with van der Waals surface area (Å²) in [6.07, 6.45) is 5.12. The molecule has 0 aliphatic carbocycles. The summed E-state index contributed by atoms with van der Waals surface area (Å²) in [4.78, 5) is 15.2. The number of rotatable bonds is 8. The smallest absolute Gasteiger partial charge is 0.305 e. The van der Waals surface area contributed by atoms with Gasteiger partial charge in [0.2, 0.25) is 0 Å². The number of esters is 1. The van der Waals surface area contributed by atoms with Crippen LogP contribution in [-0.2, 0) is 16.6 Å². The third kappa shape index (κ3) is 5.72. The van der Waals surface area contributed by atoms with Gasteiger partial charge in [-0.25, -0.2) is 9.67 Å². The molecular weight excluding hydrogens is 238 g/mol. The molecule has 6 heteroatoms. The highest BCUT2D eigenvalue weighted by molar-refractivity contribution is 7.99. The second kappa shape index (κ2) is 8.11. The van der Waals surface area contributed by atoms with Crippen molar-refractivity contribution < 1.29 is 9.53 Å². The van der Waals surface area contributed by atoms with Crippen LogP contribution < -0.4 is 0 Å². The number of hydrogen-bond donors (Lipinski definition) is 0. The molecular formula is C11H19N3O2S. The molecule has 0 saturated heterocycles. The molecule has 0 aromatic carbocycles. The van der Waals surface area contributed by atoms with Crippen LogP contribution in [0.5, 0.6) is 0 Å². The van der Waals surface area contributed by atoms with Gasteiger partial charge in [-0.2, -0.15) is 5.10 Å². The lowest BCUT2D eigenvalue weighted by Crippen LogP contribution is -2.03. The largest absolute Gasteiger partial charge is 0.466 e. The minimum atomic E-state index is -0.0894. The van der Waals surface area contributed by atoms with E-state index in [1.54, 1.807) is 22.8 Å². The Morgan fingerprint density at radius 1 is 1.47 bits per heavy atom. The molecule has 1 aromatic rings. The molecule has 0 aliphatic heterocycles. The fraction of sp³-hybridized carbons (Fsp3) is 0.727. The van der Waals surface area contributed by atoms with Crippen LogP contribution in [0.15, 0.2) is 11.5 Å². The number of nitrogens with zero attached hydrogens (tertiary/aromatic N) is 3. The molecule has 0 radical (unpaired) electrons. The number of ether oxygens (including phenoxy) is 1. The third-order valence-electron chi connectivity index (χ3n) is 2.23. The standard InChI is InChI=1S/C11H19N3O2S/c1-3-16-10(15)7-5-4-6-8-17-11-12-9-13-14(11)2/h9H,3-8H2,1-2H3. The summed E-state index contributed by atoms with van der Waals surface area (Å²) in [5.41, 5.74) is 0. The lowest BCUT2D eigenvalue weighted by molar-refractivity contribution is -0.143. The Balaban J connectivity index is 1.98. The molecule has 1 heterocycles. The highest BCUT2D eigenvalue weighted by Gasteiger charge is 2.02. The van der Waals surface area contributed by atoms with Crippen LogP contribution in [0.1, 0.15) is 32.6 Å².